The van der Waals surface area contributed by atoms with Crippen molar-refractivity contribution < 1.29 is 4.74 Å². The number of nitrogens with zero attached hydrogens (tertiary/aromatic N) is 5. The van der Waals surface area contributed by atoms with Crippen LogP contribution in [0.25, 0.3) is 15.4 Å². The second kappa shape index (κ2) is 16.1. The molecule has 0 spiro atoms. The summed E-state index contributed by atoms with van der Waals surface area (Å²) in [6.07, 6.45) is 6.85. The molecule has 4 aromatic rings. The van der Waals surface area contributed by atoms with Crippen molar-refractivity contribution in [2.45, 2.75) is 79.7 Å². The standard InChI is InChI=1S/C27H24BrN5O.C7H17N/c1-5-16(2)26(28)25-18(4)32-24(33-27(25)34-21-8-6-7-20(11-21)14-29)13-19-9-10-22-17(3)30-15-31-23(22)12-19;1-4-6-7(5-2)8-3/h6-12,15H,5,13H2,1-4H3;7-8H,4-6H2,1-3H3/b26-16-;. The van der Waals surface area contributed by atoms with Crippen LogP contribution in [-0.2, 0) is 6.42 Å². The highest BCUT2D eigenvalue weighted by Crippen LogP contribution is 2.37. The van der Waals surface area contributed by atoms with Gasteiger partial charge in [-0.1, -0.05) is 51.0 Å². The highest BCUT2D eigenvalue weighted by atomic mass is 79.9. The van der Waals surface area contributed by atoms with Gasteiger partial charge < -0.3 is 10.1 Å². The summed E-state index contributed by atoms with van der Waals surface area (Å²) in [5.41, 5.74) is 6.22. The number of aryl methyl sites for hydroxylation is 2. The van der Waals surface area contributed by atoms with Gasteiger partial charge in [-0.2, -0.15) is 10.2 Å². The summed E-state index contributed by atoms with van der Waals surface area (Å²) in [5.74, 6) is 1.65. The third kappa shape index (κ3) is 8.67. The first-order chi connectivity index (χ1) is 20.2. The van der Waals surface area contributed by atoms with Gasteiger partial charge in [0.25, 0.3) is 0 Å². The van der Waals surface area contributed by atoms with Crippen molar-refractivity contribution in [3.8, 4) is 17.7 Å². The fourth-order valence-corrected chi connectivity index (χ4v) is 5.28. The molecule has 220 valence electrons. The Balaban J connectivity index is 0.000000531. The number of benzene rings is 2. The van der Waals surface area contributed by atoms with E-state index in [2.05, 4.69) is 71.0 Å². The summed E-state index contributed by atoms with van der Waals surface area (Å²) in [4.78, 5) is 18.3. The Morgan fingerprint density at radius 1 is 1.05 bits per heavy atom. The lowest BCUT2D eigenvalue weighted by molar-refractivity contribution is 0.456. The lowest BCUT2D eigenvalue weighted by atomic mass is 10.1. The fraction of sp³-hybridized carbons (Fsp3) is 0.382. The van der Waals surface area contributed by atoms with Gasteiger partial charge in [0.1, 0.15) is 17.9 Å². The number of nitrogens with one attached hydrogen (secondary N) is 1. The van der Waals surface area contributed by atoms with Gasteiger partial charge in [-0.3, -0.25) is 0 Å². The lowest BCUT2D eigenvalue weighted by Crippen LogP contribution is -2.23. The minimum atomic E-state index is 0.455. The first kappa shape index (κ1) is 32.8. The molecule has 42 heavy (non-hydrogen) atoms. The number of halogens is 1. The van der Waals surface area contributed by atoms with Crippen LogP contribution >= 0.6 is 15.9 Å². The minimum absolute atomic E-state index is 0.455. The van der Waals surface area contributed by atoms with Crippen molar-refractivity contribution in [1.82, 2.24) is 25.3 Å². The van der Waals surface area contributed by atoms with Gasteiger partial charge in [0.2, 0.25) is 5.88 Å². The summed E-state index contributed by atoms with van der Waals surface area (Å²) in [6.45, 7) is 12.5. The Morgan fingerprint density at radius 3 is 2.48 bits per heavy atom. The van der Waals surface area contributed by atoms with Crippen LogP contribution < -0.4 is 10.1 Å². The SMILES string of the molecule is CC/C(C)=C(\Br)c1c(C)nc(Cc2ccc3c(C)ncnc3c2)nc1Oc1cccc(C#N)c1.CCCC(CC)NC. The van der Waals surface area contributed by atoms with Crippen molar-refractivity contribution in [3.63, 3.8) is 0 Å². The molecule has 0 aliphatic heterocycles. The number of hydrogen-bond acceptors (Lipinski definition) is 7. The Labute approximate surface area is 258 Å². The van der Waals surface area contributed by atoms with Gasteiger partial charge in [0.15, 0.2) is 0 Å². The predicted molar refractivity (Wildman–Crippen MR) is 175 cm³/mol. The molecule has 0 saturated carbocycles. The number of aromatic nitrogens is 4. The van der Waals surface area contributed by atoms with Crippen LogP contribution in [0.5, 0.6) is 11.6 Å². The zero-order valence-electron chi connectivity index (χ0n) is 25.8. The highest BCUT2D eigenvalue weighted by molar-refractivity contribution is 9.15. The zero-order chi connectivity index (χ0) is 30.6. The quantitative estimate of drug-likeness (QED) is 0.188. The molecule has 0 aliphatic rings. The maximum atomic E-state index is 9.27. The third-order valence-corrected chi connectivity index (χ3v) is 8.28. The number of ether oxygens (including phenoxy) is 1. The zero-order valence-corrected chi connectivity index (χ0v) is 27.3. The predicted octanol–water partition coefficient (Wildman–Crippen LogP) is 8.61. The van der Waals surface area contributed by atoms with Crippen LogP contribution in [0.15, 0.2) is 54.4 Å². The average molecular weight is 630 g/mol. The molecular formula is C34H41BrN6O. The topological polar surface area (TPSA) is 96.6 Å². The number of rotatable bonds is 10. The smallest absolute Gasteiger partial charge is 0.231 e. The highest BCUT2D eigenvalue weighted by Gasteiger charge is 2.19. The normalized spacial score (nSPS) is 12.2. The number of hydrogen-bond donors (Lipinski definition) is 1. The Hall–Kier alpha value is -3.67. The molecule has 2 aromatic heterocycles. The van der Waals surface area contributed by atoms with Crippen LogP contribution in [0, 0.1) is 25.2 Å². The summed E-state index contributed by atoms with van der Waals surface area (Å²) < 4.78 is 7.15. The molecule has 1 atom stereocenters. The molecule has 0 fully saturated rings. The molecule has 7 nitrogen and oxygen atoms in total. The number of fused-ring (bicyclic) bond motifs is 1. The average Bonchev–Trinajstić information content (AvgIpc) is 2.99. The van der Waals surface area contributed by atoms with E-state index in [1.807, 2.05) is 39.1 Å². The second-order valence-corrected chi connectivity index (χ2v) is 11.1. The number of nitriles is 1. The van der Waals surface area contributed by atoms with Gasteiger partial charge in [0, 0.05) is 28.0 Å². The Kier molecular flexibility index (Phi) is 12.6. The minimum Gasteiger partial charge on any atom is -0.438 e. The van der Waals surface area contributed by atoms with Crippen molar-refractivity contribution in [2.24, 2.45) is 0 Å². The second-order valence-electron chi connectivity index (χ2n) is 10.3. The van der Waals surface area contributed by atoms with Gasteiger partial charge in [-0.15, -0.1) is 0 Å². The molecule has 8 heteroatoms. The van der Waals surface area contributed by atoms with Gasteiger partial charge in [0.05, 0.1) is 28.4 Å². The summed E-state index contributed by atoms with van der Waals surface area (Å²) in [7, 11) is 2.03. The van der Waals surface area contributed by atoms with E-state index >= 15 is 0 Å². The largest absolute Gasteiger partial charge is 0.438 e. The van der Waals surface area contributed by atoms with E-state index < -0.39 is 0 Å². The van der Waals surface area contributed by atoms with E-state index in [9.17, 15) is 5.26 Å². The van der Waals surface area contributed by atoms with E-state index in [1.165, 1.54) is 24.8 Å². The van der Waals surface area contributed by atoms with Crippen molar-refractivity contribution in [3.05, 3.63) is 88.3 Å². The monoisotopic (exact) mass is 628 g/mol. The maximum absolute atomic E-state index is 9.27. The van der Waals surface area contributed by atoms with E-state index in [0.29, 0.717) is 29.4 Å². The Bertz CT molecular complexity index is 1570. The first-order valence-electron chi connectivity index (χ1n) is 14.5. The lowest BCUT2D eigenvalue weighted by Gasteiger charge is -2.15. The fourth-order valence-electron chi connectivity index (χ4n) is 4.55. The molecule has 1 unspecified atom stereocenters. The van der Waals surface area contributed by atoms with Gasteiger partial charge in [-0.05, 0) is 92.8 Å². The summed E-state index contributed by atoms with van der Waals surface area (Å²) in [6, 6.07) is 16.1. The molecule has 0 amide bonds. The van der Waals surface area contributed by atoms with Crippen LogP contribution in [0.2, 0.25) is 0 Å². The molecule has 0 aliphatic carbocycles. The molecule has 2 heterocycles. The van der Waals surface area contributed by atoms with Crippen LogP contribution in [-0.4, -0.2) is 33.0 Å². The number of allylic oxidation sites excluding steroid dienone is 1. The van der Waals surface area contributed by atoms with E-state index in [-0.39, 0.29) is 0 Å². The van der Waals surface area contributed by atoms with Gasteiger partial charge in [-0.25, -0.2) is 15.0 Å². The van der Waals surface area contributed by atoms with E-state index in [4.69, 9.17) is 14.7 Å². The van der Waals surface area contributed by atoms with Crippen molar-refractivity contribution in [1.29, 1.82) is 5.26 Å². The van der Waals surface area contributed by atoms with Gasteiger partial charge >= 0.3 is 0 Å². The van der Waals surface area contributed by atoms with E-state index in [1.54, 1.807) is 24.5 Å². The third-order valence-electron chi connectivity index (χ3n) is 7.21. The molecule has 0 radical (unpaired) electrons. The molecule has 1 N–H and O–H groups in total. The van der Waals surface area contributed by atoms with Crippen molar-refractivity contribution in [2.75, 3.05) is 7.05 Å². The van der Waals surface area contributed by atoms with Crippen LogP contribution in [0.1, 0.15) is 87.3 Å². The molecule has 4 rings (SSSR count). The summed E-state index contributed by atoms with van der Waals surface area (Å²) >= 11 is 3.73. The molecule has 0 bridgehead atoms. The van der Waals surface area contributed by atoms with Crippen molar-refractivity contribution >= 4 is 31.3 Å². The van der Waals surface area contributed by atoms with E-state index in [0.717, 1.165) is 50.4 Å². The van der Waals surface area contributed by atoms with Crippen LogP contribution in [0.4, 0.5) is 0 Å². The molecular weight excluding hydrogens is 588 g/mol. The molecule has 2 aromatic carbocycles. The summed E-state index contributed by atoms with van der Waals surface area (Å²) in [5, 5.41) is 13.5. The Morgan fingerprint density at radius 2 is 1.83 bits per heavy atom. The maximum Gasteiger partial charge on any atom is 0.231 e. The first-order valence-corrected chi connectivity index (χ1v) is 15.3. The van der Waals surface area contributed by atoms with Crippen LogP contribution in [0.3, 0.4) is 0 Å². The molecule has 0 saturated heterocycles.